The van der Waals surface area contributed by atoms with Gasteiger partial charge in [0.05, 0.1) is 16.3 Å². The van der Waals surface area contributed by atoms with Crippen molar-refractivity contribution in [3.8, 4) is 11.5 Å². The summed E-state index contributed by atoms with van der Waals surface area (Å²) in [5.74, 6) is 1.36. The first-order valence-electron chi connectivity index (χ1n) is 10.5. The van der Waals surface area contributed by atoms with Crippen molar-refractivity contribution in [1.29, 1.82) is 0 Å². The fraction of sp³-hybridized carbons (Fsp3) is 0.0769. The number of hydrogen-bond donors (Lipinski definition) is 0. The SMILES string of the molecule is O=c1c(=Cc2cc3c(cc2Br)OCO3)sc2n1C(c1ccc(Br)cc1)C=C(c1ccccc1)N=2. The number of nitrogens with zero attached hydrogens (tertiary/aromatic N) is 2. The van der Waals surface area contributed by atoms with Gasteiger partial charge in [-0.05, 0) is 53.1 Å². The standard InChI is InChI=1S/C26H16Br2N2O3S/c27-18-8-6-16(7-9-18)21-13-20(15-4-2-1-3-5-15)29-26-30(21)25(31)24(34-26)11-17-10-22-23(12-19(17)28)33-14-32-22/h1-13,21H,14H2. The van der Waals surface area contributed by atoms with Crippen LogP contribution in [0.1, 0.15) is 22.7 Å². The monoisotopic (exact) mass is 594 g/mol. The quantitative estimate of drug-likeness (QED) is 0.325. The van der Waals surface area contributed by atoms with Crippen LogP contribution < -0.4 is 24.4 Å². The van der Waals surface area contributed by atoms with Crippen LogP contribution in [-0.2, 0) is 0 Å². The Morgan fingerprint density at radius 2 is 1.74 bits per heavy atom. The fourth-order valence-corrected chi connectivity index (χ4v) is 5.74. The second-order valence-electron chi connectivity index (χ2n) is 7.82. The maximum atomic E-state index is 13.6. The molecule has 3 heterocycles. The molecule has 0 N–H and O–H groups in total. The molecule has 0 radical (unpaired) electrons. The smallest absolute Gasteiger partial charge is 0.271 e. The molecule has 4 aromatic rings. The molecule has 3 aromatic carbocycles. The largest absolute Gasteiger partial charge is 0.454 e. The summed E-state index contributed by atoms with van der Waals surface area (Å²) in [7, 11) is 0. The first-order valence-corrected chi connectivity index (χ1v) is 12.9. The highest BCUT2D eigenvalue weighted by Crippen LogP contribution is 2.37. The van der Waals surface area contributed by atoms with E-state index in [-0.39, 0.29) is 18.4 Å². The van der Waals surface area contributed by atoms with Gasteiger partial charge < -0.3 is 9.47 Å². The van der Waals surface area contributed by atoms with E-state index in [9.17, 15) is 4.79 Å². The Morgan fingerprint density at radius 1 is 1.00 bits per heavy atom. The Kier molecular flexibility index (Phi) is 5.51. The topological polar surface area (TPSA) is 52.8 Å². The van der Waals surface area contributed by atoms with E-state index < -0.39 is 0 Å². The van der Waals surface area contributed by atoms with Gasteiger partial charge in [-0.25, -0.2) is 4.99 Å². The number of hydrogen-bond acceptors (Lipinski definition) is 5. The van der Waals surface area contributed by atoms with E-state index in [1.165, 1.54) is 11.3 Å². The zero-order chi connectivity index (χ0) is 23.2. The molecule has 2 aliphatic heterocycles. The maximum absolute atomic E-state index is 13.6. The number of ether oxygens (including phenoxy) is 2. The summed E-state index contributed by atoms with van der Waals surface area (Å²) in [5, 5.41) is 0. The molecule has 0 saturated heterocycles. The van der Waals surface area contributed by atoms with Gasteiger partial charge in [-0.3, -0.25) is 9.36 Å². The fourth-order valence-electron chi connectivity index (χ4n) is 4.03. The van der Waals surface area contributed by atoms with Crippen molar-refractivity contribution in [1.82, 2.24) is 4.57 Å². The molecule has 6 rings (SSSR count). The molecule has 5 nitrogen and oxygen atoms in total. The lowest BCUT2D eigenvalue weighted by Gasteiger charge is -2.19. The summed E-state index contributed by atoms with van der Waals surface area (Å²) in [4.78, 5) is 19.2. The molecule has 34 heavy (non-hydrogen) atoms. The molecule has 0 fully saturated rings. The average molecular weight is 596 g/mol. The molecular formula is C26H16Br2N2O3S. The number of thiazole rings is 1. The predicted molar refractivity (Wildman–Crippen MR) is 140 cm³/mol. The summed E-state index contributed by atoms with van der Waals surface area (Å²) in [6, 6.07) is 21.6. The zero-order valence-corrected chi connectivity index (χ0v) is 21.6. The lowest BCUT2D eigenvalue weighted by atomic mass is 10.0. The molecule has 8 heteroatoms. The summed E-state index contributed by atoms with van der Waals surface area (Å²) >= 11 is 8.48. The molecule has 0 amide bonds. The summed E-state index contributed by atoms with van der Waals surface area (Å²) in [6.07, 6.45) is 3.93. The molecule has 1 atom stereocenters. The Bertz CT molecular complexity index is 1620. The Labute approximate surface area is 215 Å². The van der Waals surface area contributed by atoms with Gasteiger partial charge >= 0.3 is 0 Å². The van der Waals surface area contributed by atoms with Crippen LogP contribution in [0.2, 0.25) is 0 Å². The summed E-state index contributed by atoms with van der Waals surface area (Å²) in [6.45, 7) is 0.197. The van der Waals surface area contributed by atoms with Crippen molar-refractivity contribution < 1.29 is 9.47 Å². The molecule has 2 aliphatic rings. The Balaban J connectivity index is 1.55. The highest BCUT2D eigenvalue weighted by atomic mass is 79.9. The molecule has 0 spiro atoms. The van der Waals surface area contributed by atoms with Crippen molar-refractivity contribution in [2.75, 3.05) is 6.79 Å². The van der Waals surface area contributed by atoms with Crippen LogP contribution in [0.25, 0.3) is 11.8 Å². The Hall–Kier alpha value is -2.94. The number of benzene rings is 3. The van der Waals surface area contributed by atoms with Gasteiger partial charge in [0.15, 0.2) is 16.3 Å². The van der Waals surface area contributed by atoms with Crippen LogP contribution in [0.4, 0.5) is 0 Å². The highest BCUT2D eigenvalue weighted by molar-refractivity contribution is 9.10. The molecule has 1 aromatic heterocycles. The van der Waals surface area contributed by atoms with Crippen LogP contribution >= 0.6 is 43.2 Å². The van der Waals surface area contributed by atoms with E-state index in [4.69, 9.17) is 14.5 Å². The molecule has 0 saturated carbocycles. The summed E-state index contributed by atoms with van der Waals surface area (Å²) in [5.41, 5.74) is 3.65. The van der Waals surface area contributed by atoms with Crippen LogP contribution in [-0.4, -0.2) is 11.4 Å². The van der Waals surface area contributed by atoms with E-state index in [2.05, 4.69) is 37.9 Å². The lowest BCUT2D eigenvalue weighted by Crippen LogP contribution is -2.36. The van der Waals surface area contributed by atoms with Crippen LogP contribution in [0.5, 0.6) is 11.5 Å². The third-order valence-electron chi connectivity index (χ3n) is 5.71. The molecule has 0 aliphatic carbocycles. The van der Waals surface area contributed by atoms with Gasteiger partial charge in [0, 0.05) is 8.95 Å². The van der Waals surface area contributed by atoms with Crippen molar-refractivity contribution in [2.45, 2.75) is 6.04 Å². The van der Waals surface area contributed by atoms with Crippen molar-refractivity contribution in [3.05, 3.63) is 118 Å². The van der Waals surface area contributed by atoms with E-state index >= 15 is 0 Å². The minimum atomic E-state index is -0.262. The van der Waals surface area contributed by atoms with Gasteiger partial charge in [-0.2, -0.15) is 0 Å². The van der Waals surface area contributed by atoms with Crippen LogP contribution in [0.3, 0.4) is 0 Å². The van der Waals surface area contributed by atoms with Crippen LogP contribution in [0, 0.1) is 0 Å². The first-order chi connectivity index (χ1) is 16.6. The average Bonchev–Trinajstić information content (AvgIpc) is 3.43. The number of aromatic nitrogens is 1. The van der Waals surface area contributed by atoms with Gasteiger partial charge in [-0.15, -0.1) is 0 Å². The lowest BCUT2D eigenvalue weighted by molar-refractivity contribution is 0.174. The third-order valence-corrected chi connectivity index (χ3v) is 7.90. The van der Waals surface area contributed by atoms with Gasteiger partial charge in [0.25, 0.3) is 5.56 Å². The molecule has 0 bridgehead atoms. The first kappa shape index (κ1) is 21.6. The van der Waals surface area contributed by atoms with E-state index in [0.717, 1.165) is 31.3 Å². The molecule has 1 unspecified atom stereocenters. The molecular weight excluding hydrogens is 580 g/mol. The van der Waals surface area contributed by atoms with Crippen molar-refractivity contribution >= 4 is 55.0 Å². The second-order valence-corrected chi connectivity index (χ2v) is 10.6. The van der Waals surface area contributed by atoms with E-state index in [1.807, 2.05) is 72.8 Å². The summed E-state index contributed by atoms with van der Waals surface area (Å²) < 4.78 is 15.2. The highest BCUT2D eigenvalue weighted by Gasteiger charge is 2.23. The van der Waals surface area contributed by atoms with Crippen molar-refractivity contribution in [2.24, 2.45) is 4.99 Å². The van der Waals surface area contributed by atoms with Gasteiger partial charge in [0.2, 0.25) is 6.79 Å². The van der Waals surface area contributed by atoms with E-state index in [0.29, 0.717) is 20.8 Å². The second kappa shape index (κ2) is 8.69. The van der Waals surface area contributed by atoms with Crippen LogP contribution in [0.15, 0.2) is 91.5 Å². The number of halogens is 2. The van der Waals surface area contributed by atoms with Gasteiger partial charge in [0.1, 0.15) is 0 Å². The molecule has 168 valence electrons. The number of rotatable bonds is 3. The predicted octanol–water partition coefficient (Wildman–Crippen LogP) is 5.26. The zero-order valence-electron chi connectivity index (χ0n) is 17.6. The third kappa shape index (κ3) is 3.85. The van der Waals surface area contributed by atoms with Gasteiger partial charge in [-0.1, -0.05) is 85.7 Å². The number of fused-ring (bicyclic) bond motifs is 2. The maximum Gasteiger partial charge on any atom is 0.271 e. The van der Waals surface area contributed by atoms with Crippen molar-refractivity contribution in [3.63, 3.8) is 0 Å². The Morgan fingerprint density at radius 3 is 2.50 bits per heavy atom. The van der Waals surface area contributed by atoms with E-state index in [1.54, 1.807) is 4.57 Å². The number of allylic oxidation sites excluding steroid dienone is 1. The normalized spacial score (nSPS) is 16.7. The minimum absolute atomic E-state index is 0.0791. The minimum Gasteiger partial charge on any atom is -0.454 e.